The van der Waals surface area contributed by atoms with Gasteiger partial charge < -0.3 is 15.3 Å². The zero-order chi connectivity index (χ0) is 14.4. The van der Waals surface area contributed by atoms with E-state index in [1.54, 1.807) is 0 Å². The number of hydrogen-bond donors (Lipinski definition) is 2. The number of nitro groups is 1. The van der Waals surface area contributed by atoms with Crippen molar-refractivity contribution in [3.8, 4) is 0 Å². The fraction of sp³-hybridized carbons (Fsp3) is 0.417. The number of aromatic carboxylic acids is 1. The normalized spacial score (nSPS) is 10.5. The Balaban J connectivity index is 2.91. The highest BCUT2D eigenvalue weighted by Crippen LogP contribution is 2.28. The van der Waals surface area contributed by atoms with Crippen LogP contribution in [0.25, 0.3) is 0 Å². The van der Waals surface area contributed by atoms with Crippen LogP contribution in [-0.2, 0) is 0 Å². The monoisotopic (exact) mass is 267 g/mol. The fourth-order valence-corrected chi connectivity index (χ4v) is 1.59. The molecule has 2 N–H and O–H groups in total. The molecule has 0 bridgehead atoms. The molecule has 0 fully saturated rings. The minimum absolute atomic E-state index is 0.231. The van der Waals surface area contributed by atoms with E-state index in [1.165, 1.54) is 18.2 Å². The van der Waals surface area contributed by atoms with Gasteiger partial charge in [0, 0.05) is 13.1 Å². The predicted octanol–water partition coefficient (Wildman–Crippen LogP) is 1.66. The lowest BCUT2D eigenvalue weighted by atomic mass is 10.1. The number of para-hydroxylation sites is 1. The Morgan fingerprint density at radius 3 is 2.74 bits per heavy atom. The number of benzene rings is 1. The molecule has 7 nitrogen and oxygen atoms in total. The van der Waals surface area contributed by atoms with E-state index < -0.39 is 16.6 Å². The summed E-state index contributed by atoms with van der Waals surface area (Å²) in [5, 5.41) is 22.9. The molecule has 0 saturated heterocycles. The minimum Gasteiger partial charge on any atom is -0.477 e. The maximum absolute atomic E-state index is 11.0. The molecule has 19 heavy (non-hydrogen) atoms. The van der Waals surface area contributed by atoms with E-state index >= 15 is 0 Å². The van der Waals surface area contributed by atoms with E-state index in [0.29, 0.717) is 13.1 Å². The highest BCUT2D eigenvalue weighted by Gasteiger charge is 2.23. The van der Waals surface area contributed by atoms with E-state index in [2.05, 4.69) is 5.32 Å². The first-order valence-electron chi connectivity index (χ1n) is 5.90. The third kappa shape index (κ3) is 3.92. The first kappa shape index (κ1) is 14.9. The van der Waals surface area contributed by atoms with Crippen LogP contribution in [0.1, 0.15) is 17.3 Å². The number of carboxylic acids is 1. The van der Waals surface area contributed by atoms with Crippen molar-refractivity contribution in [3.05, 3.63) is 33.9 Å². The van der Waals surface area contributed by atoms with Crippen LogP contribution in [0.4, 0.5) is 11.4 Å². The second kappa shape index (κ2) is 6.69. The van der Waals surface area contributed by atoms with Gasteiger partial charge in [-0.3, -0.25) is 10.1 Å². The second-order valence-corrected chi connectivity index (χ2v) is 4.09. The van der Waals surface area contributed by atoms with E-state index in [1.807, 2.05) is 18.9 Å². The van der Waals surface area contributed by atoms with Crippen molar-refractivity contribution in [2.24, 2.45) is 0 Å². The molecule has 0 aliphatic rings. The van der Waals surface area contributed by atoms with Crippen molar-refractivity contribution >= 4 is 17.3 Å². The summed E-state index contributed by atoms with van der Waals surface area (Å²) in [6, 6.07) is 4.22. The maximum atomic E-state index is 11.0. The van der Waals surface area contributed by atoms with Crippen molar-refractivity contribution in [1.29, 1.82) is 0 Å². The molecule has 1 aromatic rings. The van der Waals surface area contributed by atoms with Crippen LogP contribution in [0, 0.1) is 10.1 Å². The minimum atomic E-state index is -1.30. The number of carbonyl (C=O) groups is 1. The van der Waals surface area contributed by atoms with E-state index in [0.717, 1.165) is 6.54 Å². The molecule has 0 aromatic heterocycles. The van der Waals surface area contributed by atoms with Crippen molar-refractivity contribution in [2.45, 2.75) is 6.92 Å². The van der Waals surface area contributed by atoms with Gasteiger partial charge in [0.25, 0.3) is 0 Å². The lowest BCUT2D eigenvalue weighted by molar-refractivity contribution is -0.384. The van der Waals surface area contributed by atoms with Crippen LogP contribution in [0.2, 0.25) is 0 Å². The average molecular weight is 267 g/mol. The summed E-state index contributed by atoms with van der Waals surface area (Å²) in [5.41, 5.74) is -0.470. The number of carboxylic acid groups (broad SMARTS) is 1. The van der Waals surface area contributed by atoms with E-state index in [-0.39, 0.29) is 11.3 Å². The molecule has 1 aromatic carbocycles. The lowest BCUT2D eigenvalue weighted by Gasteiger charge is -2.15. The summed E-state index contributed by atoms with van der Waals surface area (Å²) >= 11 is 0. The average Bonchev–Trinajstić information content (AvgIpc) is 2.37. The van der Waals surface area contributed by atoms with E-state index in [9.17, 15) is 14.9 Å². The van der Waals surface area contributed by atoms with Crippen LogP contribution >= 0.6 is 0 Å². The highest BCUT2D eigenvalue weighted by molar-refractivity contribution is 5.95. The Hall–Kier alpha value is -2.15. The molecule has 104 valence electrons. The van der Waals surface area contributed by atoms with Crippen molar-refractivity contribution in [2.75, 3.05) is 32.0 Å². The number of hydrogen-bond acceptors (Lipinski definition) is 5. The van der Waals surface area contributed by atoms with Crippen molar-refractivity contribution in [1.82, 2.24) is 4.90 Å². The lowest BCUT2D eigenvalue weighted by Crippen LogP contribution is -2.25. The van der Waals surface area contributed by atoms with E-state index in [4.69, 9.17) is 5.11 Å². The molecule has 0 amide bonds. The SMILES string of the molecule is CCN(C)CCNc1cccc(C(=O)O)c1[N+](=O)[O-]. The summed E-state index contributed by atoms with van der Waals surface area (Å²) < 4.78 is 0. The molecule has 0 radical (unpaired) electrons. The Kier molecular flexibility index (Phi) is 5.25. The van der Waals surface area contributed by atoms with Crippen molar-refractivity contribution < 1.29 is 14.8 Å². The zero-order valence-electron chi connectivity index (χ0n) is 10.9. The van der Waals surface area contributed by atoms with Gasteiger partial charge in [-0.25, -0.2) is 4.79 Å². The Morgan fingerprint density at radius 2 is 2.21 bits per heavy atom. The summed E-state index contributed by atoms with van der Waals surface area (Å²) in [7, 11) is 1.93. The summed E-state index contributed by atoms with van der Waals surface area (Å²) in [5.74, 6) is -1.30. The van der Waals surface area contributed by atoms with Crippen LogP contribution in [-0.4, -0.2) is 47.6 Å². The molecular weight excluding hydrogens is 250 g/mol. The van der Waals surface area contributed by atoms with Gasteiger partial charge in [0.15, 0.2) is 0 Å². The topological polar surface area (TPSA) is 95.7 Å². The summed E-state index contributed by atoms with van der Waals surface area (Å²) in [6.45, 7) is 4.10. The standard InChI is InChI=1S/C12H17N3O4/c1-3-14(2)8-7-13-10-6-4-5-9(12(16)17)11(10)15(18)19/h4-6,13H,3,7-8H2,1-2H3,(H,16,17). The first-order valence-corrected chi connectivity index (χ1v) is 5.90. The molecule has 0 aliphatic heterocycles. The molecule has 0 atom stereocenters. The van der Waals surface area contributed by atoms with Gasteiger partial charge in [0.05, 0.1) is 4.92 Å². The second-order valence-electron chi connectivity index (χ2n) is 4.09. The molecule has 1 rings (SSSR count). The van der Waals surface area contributed by atoms with Gasteiger partial charge >= 0.3 is 11.7 Å². The molecule has 0 spiro atoms. The summed E-state index contributed by atoms with van der Waals surface area (Å²) in [6.07, 6.45) is 0. The maximum Gasteiger partial charge on any atom is 0.342 e. The van der Waals surface area contributed by atoms with Gasteiger partial charge in [-0.2, -0.15) is 0 Å². The molecule has 0 unspecified atom stereocenters. The van der Waals surface area contributed by atoms with Crippen LogP contribution < -0.4 is 5.32 Å². The third-order valence-electron chi connectivity index (χ3n) is 2.80. The Morgan fingerprint density at radius 1 is 1.53 bits per heavy atom. The number of rotatable bonds is 7. The van der Waals surface area contributed by atoms with Gasteiger partial charge in [-0.15, -0.1) is 0 Å². The van der Waals surface area contributed by atoms with Crippen LogP contribution in [0.3, 0.4) is 0 Å². The predicted molar refractivity (Wildman–Crippen MR) is 71.7 cm³/mol. The Labute approximate surface area is 111 Å². The van der Waals surface area contributed by atoms with Gasteiger partial charge in [-0.05, 0) is 25.7 Å². The fourth-order valence-electron chi connectivity index (χ4n) is 1.59. The largest absolute Gasteiger partial charge is 0.477 e. The smallest absolute Gasteiger partial charge is 0.342 e. The van der Waals surface area contributed by atoms with Crippen LogP contribution in [0.15, 0.2) is 18.2 Å². The molecule has 0 aliphatic carbocycles. The number of anilines is 1. The highest BCUT2D eigenvalue weighted by atomic mass is 16.6. The zero-order valence-corrected chi connectivity index (χ0v) is 10.9. The summed E-state index contributed by atoms with van der Waals surface area (Å²) in [4.78, 5) is 23.3. The first-order chi connectivity index (χ1) is 8.97. The Bertz CT molecular complexity index is 476. The molecule has 0 saturated carbocycles. The number of nitrogens with zero attached hydrogens (tertiary/aromatic N) is 2. The van der Waals surface area contributed by atoms with Gasteiger partial charge in [0.2, 0.25) is 0 Å². The number of likely N-dealkylation sites (N-methyl/N-ethyl adjacent to an activating group) is 1. The number of nitrogens with one attached hydrogen (secondary N) is 1. The molecule has 0 heterocycles. The molecular formula is C12H17N3O4. The van der Waals surface area contributed by atoms with Gasteiger partial charge in [0.1, 0.15) is 11.3 Å². The number of nitro benzene ring substituents is 1. The van der Waals surface area contributed by atoms with Crippen LogP contribution in [0.5, 0.6) is 0 Å². The third-order valence-corrected chi connectivity index (χ3v) is 2.80. The quantitative estimate of drug-likeness (QED) is 0.576. The van der Waals surface area contributed by atoms with Crippen molar-refractivity contribution in [3.63, 3.8) is 0 Å². The molecule has 7 heteroatoms. The van der Waals surface area contributed by atoms with Gasteiger partial charge in [-0.1, -0.05) is 13.0 Å².